The molecule has 0 saturated heterocycles. The lowest BCUT2D eigenvalue weighted by Crippen LogP contribution is -2.08. The maximum Gasteiger partial charge on any atom is 0.320 e. The van der Waals surface area contributed by atoms with Gasteiger partial charge in [0.15, 0.2) is 11.6 Å². The largest absolute Gasteiger partial charge is 0.320 e. The van der Waals surface area contributed by atoms with Crippen molar-refractivity contribution < 1.29 is 13.6 Å². The number of para-hydroxylation sites is 2. The molecule has 15 heavy (non-hydrogen) atoms. The Balaban J connectivity index is 2.80. The molecule has 0 radical (unpaired) electrons. The molecule has 78 valence electrons. The summed E-state index contributed by atoms with van der Waals surface area (Å²) in [5, 5.41) is 0. The van der Waals surface area contributed by atoms with Crippen molar-refractivity contribution in [2.75, 3.05) is 0 Å². The van der Waals surface area contributed by atoms with Gasteiger partial charge in [0.25, 0.3) is 0 Å². The van der Waals surface area contributed by atoms with E-state index in [1.165, 1.54) is 13.0 Å². The number of Topliss-reactive ketones (excluding diaryl/α,β-unsaturated/α-hetero) is 1. The van der Waals surface area contributed by atoms with E-state index in [4.69, 9.17) is 0 Å². The third-order valence-electron chi connectivity index (χ3n) is 2.11. The van der Waals surface area contributed by atoms with Crippen molar-refractivity contribution in [3.63, 3.8) is 0 Å². The molecule has 1 heterocycles. The monoisotopic (exact) mass is 210 g/mol. The number of ketones is 1. The van der Waals surface area contributed by atoms with Crippen molar-refractivity contribution in [2.45, 2.75) is 13.5 Å². The molecule has 1 aromatic carbocycles. The number of alkyl halides is 2. The fourth-order valence-corrected chi connectivity index (χ4v) is 1.49. The first-order valence-electron chi connectivity index (χ1n) is 4.37. The Morgan fingerprint density at radius 1 is 1.40 bits per heavy atom. The van der Waals surface area contributed by atoms with Crippen LogP contribution in [0.5, 0.6) is 0 Å². The van der Waals surface area contributed by atoms with E-state index >= 15 is 0 Å². The number of rotatable bonds is 2. The number of hydrogen-bond acceptors (Lipinski definition) is 2. The summed E-state index contributed by atoms with van der Waals surface area (Å²) in [7, 11) is 0. The summed E-state index contributed by atoms with van der Waals surface area (Å²) in [6.45, 7) is -1.53. The van der Waals surface area contributed by atoms with Crippen LogP contribution in [-0.4, -0.2) is 15.3 Å². The SMILES string of the molecule is CC(=O)c1nc2ccccc2n1C(F)F. The molecule has 1 aromatic heterocycles. The Bertz CT molecular complexity index is 519. The van der Waals surface area contributed by atoms with Crippen LogP contribution in [0.3, 0.4) is 0 Å². The van der Waals surface area contributed by atoms with Gasteiger partial charge in [0, 0.05) is 6.92 Å². The van der Waals surface area contributed by atoms with Crippen LogP contribution in [0.1, 0.15) is 24.1 Å². The molecule has 0 amide bonds. The van der Waals surface area contributed by atoms with Gasteiger partial charge < -0.3 is 0 Å². The Morgan fingerprint density at radius 3 is 2.67 bits per heavy atom. The molecule has 2 aromatic rings. The third-order valence-corrected chi connectivity index (χ3v) is 2.11. The molecular weight excluding hydrogens is 202 g/mol. The first kappa shape index (κ1) is 9.76. The highest BCUT2D eigenvalue weighted by Gasteiger charge is 2.19. The molecule has 5 heteroatoms. The summed E-state index contributed by atoms with van der Waals surface area (Å²) >= 11 is 0. The van der Waals surface area contributed by atoms with Gasteiger partial charge in [0.2, 0.25) is 0 Å². The minimum Gasteiger partial charge on any atom is -0.291 e. The molecule has 0 fully saturated rings. The van der Waals surface area contributed by atoms with Crippen molar-refractivity contribution in [1.29, 1.82) is 0 Å². The van der Waals surface area contributed by atoms with Crippen LogP contribution in [0, 0.1) is 0 Å². The van der Waals surface area contributed by atoms with E-state index in [2.05, 4.69) is 4.98 Å². The second-order valence-corrected chi connectivity index (χ2v) is 3.13. The molecule has 0 saturated carbocycles. The van der Waals surface area contributed by atoms with Gasteiger partial charge in [0.1, 0.15) is 0 Å². The van der Waals surface area contributed by atoms with E-state index in [9.17, 15) is 13.6 Å². The smallest absolute Gasteiger partial charge is 0.291 e. The van der Waals surface area contributed by atoms with Crippen molar-refractivity contribution in [1.82, 2.24) is 9.55 Å². The van der Waals surface area contributed by atoms with E-state index in [-0.39, 0.29) is 11.3 Å². The fourth-order valence-electron chi connectivity index (χ4n) is 1.49. The summed E-state index contributed by atoms with van der Waals surface area (Å²) in [5.41, 5.74) is 0.681. The highest BCUT2D eigenvalue weighted by Crippen LogP contribution is 2.22. The van der Waals surface area contributed by atoms with Gasteiger partial charge in [-0.1, -0.05) is 12.1 Å². The van der Waals surface area contributed by atoms with Gasteiger partial charge in [-0.15, -0.1) is 0 Å². The maximum atomic E-state index is 12.7. The highest BCUT2D eigenvalue weighted by atomic mass is 19.3. The number of carbonyl (C=O) groups is 1. The number of hydrogen-bond donors (Lipinski definition) is 0. The molecule has 0 atom stereocenters. The standard InChI is InChI=1S/C10H8F2N2O/c1-6(15)9-13-7-4-2-3-5-8(7)14(9)10(11)12/h2-5,10H,1H3. The van der Waals surface area contributed by atoms with Crippen molar-refractivity contribution in [3.05, 3.63) is 30.1 Å². The van der Waals surface area contributed by atoms with E-state index in [1.807, 2.05) is 0 Å². The van der Waals surface area contributed by atoms with Crippen LogP contribution in [-0.2, 0) is 0 Å². The molecule has 0 bridgehead atoms. The summed E-state index contributed by atoms with van der Waals surface area (Å²) in [6, 6.07) is 6.43. The van der Waals surface area contributed by atoms with Gasteiger partial charge in [-0.05, 0) is 12.1 Å². The molecule has 3 nitrogen and oxygen atoms in total. The Kier molecular flexibility index (Phi) is 2.22. The average molecular weight is 210 g/mol. The Hall–Kier alpha value is -1.78. The quantitative estimate of drug-likeness (QED) is 0.714. The topological polar surface area (TPSA) is 34.9 Å². The zero-order chi connectivity index (χ0) is 11.0. The third kappa shape index (κ3) is 1.49. The zero-order valence-electron chi connectivity index (χ0n) is 7.95. The average Bonchev–Trinajstić information content (AvgIpc) is 2.56. The molecule has 2 rings (SSSR count). The van der Waals surface area contributed by atoms with E-state index in [0.717, 1.165) is 0 Å². The van der Waals surface area contributed by atoms with Gasteiger partial charge in [0.05, 0.1) is 11.0 Å². The first-order chi connectivity index (χ1) is 7.11. The van der Waals surface area contributed by atoms with Crippen LogP contribution in [0.4, 0.5) is 8.78 Å². The van der Waals surface area contributed by atoms with E-state index in [1.54, 1.807) is 18.2 Å². The number of halogens is 2. The predicted molar refractivity (Wildman–Crippen MR) is 51.0 cm³/mol. The highest BCUT2D eigenvalue weighted by molar-refractivity contribution is 5.94. The van der Waals surface area contributed by atoms with Crippen molar-refractivity contribution >= 4 is 16.8 Å². The molecule has 0 aliphatic heterocycles. The van der Waals surface area contributed by atoms with Crippen LogP contribution >= 0.6 is 0 Å². The summed E-state index contributed by atoms with van der Waals surface area (Å²) < 4.78 is 26.1. The Labute approximate surface area is 84.3 Å². The van der Waals surface area contributed by atoms with Gasteiger partial charge in [-0.2, -0.15) is 8.78 Å². The number of imidazole rings is 1. The Morgan fingerprint density at radius 2 is 2.07 bits per heavy atom. The number of fused-ring (bicyclic) bond motifs is 1. The van der Waals surface area contributed by atoms with Crippen LogP contribution < -0.4 is 0 Å². The minimum atomic E-state index is -2.75. The predicted octanol–water partition coefficient (Wildman–Crippen LogP) is 2.63. The van der Waals surface area contributed by atoms with Crippen LogP contribution in [0.15, 0.2) is 24.3 Å². The van der Waals surface area contributed by atoms with Gasteiger partial charge in [-0.3, -0.25) is 9.36 Å². The summed E-state index contributed by atoms with van der Waals surface area (Å²) in [4.78, 5) is 15.0. The van der Waals surface area contributed by atoms with Gasteiger partial charge in [-0.25, -0.2) is 4.98 Å². The second kappa shape index (κ2) is 3.42. The number of benzene rings is 1. The lowest BCUT2D eigenvalue weighted by Gasteiger charge is -2.04. The molecule has 0 aliphatic carbocycles. The second-order valence-electron chi connectivity index (χ2n) is 3.13. The summed E-state index contributed by atoms with van der Waals surface area (Å²) in [5.74, 6) is -0.669. The van der Waals surface area contributed by atoms with E-state index < -0.39 is 12.3 Å². The number of aromatic nitrogens is 2. The number of nitrogens with zero attached hydrogens (tertiary/aromatic N) is 2. The first-order valence-corrected chi connectivity index (χ1v) is 4.37. The molecular formula is C10H8F2N2O. The fraction of sp³-hybridized carbons (Fsp3) is 0.200. The summed E-state index contributed by atoms with van der Waals surface area (Å²) in [6.07, 6.45) is 0. The van der Waals surface area contributed by atoms with Crippen LogP contribution in [0.2, 0.25) is 0 Å². The normalized spacial score (nSPS) is 11.2. The van der Waals surface area contributed by atoms with Crippen molar-refractivity contribution in [3.8, 4) is 0 Å². The lowest BCUT2D eigenvalue weighted by atomic mass is 10.3. The minimum absolute atomic E-state index is 0.203. The van der Waals surface area contributed by atoms with Gasteiger partial charge >= 0.3 is 6.55 Å². The van der Waals surface area contributed by atoms with E-state index in [0.29, 0.717) is 10.1 Å². The lowest BCUT2D eigenvalue weighted by molar-refractivity contribution is 0.0679. The van der Waals surface area contributed by atoms with Crippen LogP contribution in [0.25, 0.3) is 11.0 Å². The maximum absolute atomic E-state index is 12.7. The molecule has 0 N–H and O–H groups in total. The molecule has 0 aliphatic rings. The van der Waals surface area contributed by atoms with Crippen molar-refractivity contribution in [2.24, 2.45) is 0 Å². The zero-order valence-corrected chi connectivity index (χ0v) is 7.95. The number of carbonyl (C=O) groups excluding carboxylic acids is 1. The molecule has 0 spiro atoms. The molecule has 0 unspecified atom stereocenters.